The highest BCUT2D eigenvalue weighted by Crippen LogP contribution is 2.29. The Bertz CT molecular complexity index is 1480. The van der Waals surface area contributed by atoms with Gasteiger partial charge < -0.3 is 24.4 Å². The third kappa shape index (κ3) is 8.18. The molecule has 0 aliphatic carbocycles. The van der Waals surface area contributed by atoms with Crippen LogP contribution in [0.4, 0.5) is 0 Å². The number of benzene rings is 4. The zero-order chi connectivity index (χ0) is 29.9. The van der Waals surface area contributed by atoms with Crippen LogP contribution < -0.4 is 19.5 Å². The minimum absolute atomic E-state index is 0.157. The molecule has 0 spiro atoms. The Morgan fingerprint density at radius 2 is 1.45 bits per heavy atom. The lowest BCUT2D eigenvalue weighted by Gasteiger charge is -2.31. The number of para-hydroxylation sites is 1. The van der Waals surface area contributed by atoms with Gasteiger partial charge in [-0.3, -0.25) is 9.59 Å². The quantitative estimate of drug-likeness (QED) is 0.187. The van der Waals surface area contributed by atoms with Crippen LogP contribution in [0, 0.1) is 0 Å². The Morgan fingerprint density at radius 3 is 2.14 bits per heavy atom. The number of hydrogen-bond acceptors (Lipinski definition) is 5. The average molecular weight is 608 g/mol. The van der Waals surface area contributed by atoms with Crippen molar-refractivity contribution < 1.29 is 23.8 Å². The number of ether oxygens (including phenoxy) is 3. The van der Waals surface area contributed by atoms with Crippen LogP contribution in [0.2, 0.25) is 10.0 Å². The van der Waals surface area contributed by atoms with Crippen molar-refractivity contribution in [2.45, 2.75) is 19.0 Å². The second-order valence-electron chi connectivity index (χ2n) is 9.41. The molecule has 1 N–H and O–H groups in total. The average Bonchev–Trinajstić information content (AvgIpc) is 3.01. The summed E-state index contributed by atoms with van der Waals surface area (Å²) in [5.41, 5.74) is 2.44. The predicted molar refractivity (Wildman–Crippen MR) is 164 cm³/mol. The zero-order valence-corrected chi connectivity index (χ0v) is 24.9. The lowest BCUT2D eigenvalue weighted by atomic mass is 10.0. The van der Waals surface area contributed by atoms with Crippen molar-refractivity contribution in [2.75, 3.05) is 27.4 Å². The Labute approximate surface area is 255 Å². The summed E-state index contributed by atoms with van der Waals surface area (Å²) in [7, 11) is 3.16. The fourth-order valence-corrected chi connectivity index (χ4v) is 4.78. The summed E-state index contributed by atoms with van der Waals surface area (Å²) in [5, 5.41) is 3.99. The molecule has 0 saturated carbocycles. The van der Waals surface area contributed by atoms with Gasteiger partial charge in [0.1, 0.15) is 11.8 Å². The maximum atomic E-state index is 13.8. The summed E-state index contributed by atoms with van der Waals surface area (Å²) in [6.45, 7) is 0.195. The smallest absolute Gasteiger partial charge is 0.261 e. The molecule has 7 nitrogen and oxygen atoms in total. The monoisotopic (exact) mass is 606 g/mol. The molecule has 0 bridgehead atoms. The highest BCUT2D eigenvalue weighted by atomic mass is 35.5. The molecule has 0 saturated heterocycles. The number of rotatable bonds is 13. The molecule has 1 atom stereocenters. The van der Waals surface area contributed by atoms with Crippen molar-refractivity contribution in [3.8, 4) is 17.2 Å². The van der Waals surface area contributed by atoms with Crippen LogP contribution in [0.3, 0.4) is 0 Å². The maximum absolute atomic E-state index is 13.8. The molecule has 0 aromatic heterocycles. The fourth-order valence-electron chi connectivity index (χ4n) is 4.47. The lowest BCUT2D eigenvalue weighted by Crippen LogP contribution is -2.45. The summed E-state index contributed by atoms with van der Waals surface area (Å²) in [6, 6.07) is 28.0. The molecule has 4 aromatic rings. The van der Waals surface area contributed by atoms with Crippen LogP contribution in [0.15, 0.2) is 97.1 Å². The van der Waals surface area contributed by atoms with Gasteiger partial charge in [-0.25, -0.2) is 0 Å². The van der Waals surface area contributed by atoms with Gasteiger partial charge in [-0.1, -0.05) is 83.9 Å². The zero-order valence-electron chi connectivity index (χ0n) is 23.4. The van der Waals surface area contributed by atoms with E-state index in [1.807, 2.05) is 60.7 Å². The molecule has 0 aliphatic heterocycles. The molecule has 0 heterocycles. The van der Waals surface area contributed by atoms with Gasteiger partial charge >= 0.3 is 0 Å². The van der Waals surface area contributed by atoms with E-state index in [4.69, 9.17) is 37.4 Å². The van der Waals surface area contributed by atoms with Crippen molar-refractivity contribution in [2.24, 2.45) is 0 Å². The third-order valence-electron chi connectivity index (χ3n) is 6.61. The first-order chi connectivity index (χ1) is 20.4. The normalized spacial score (nSPS) is 11.3. The third-order valence-corrected chi connectivity index (χ3v) is 7.17. The van der Waals surface area contributed by atoms with Crippen LogP contribution in [0.1, 0.15) is 22.7 Å². The van der Waals surface area contributed by atoms with E-state index in [0.29, 0.717) is 45.8 Å². The maximum Gasteiger partial charge on any atom is 0.261 e. The number of nitrogens with one attached hydrogen (secondary N) is 1. The van der Waals surface area contributed by atoms with Crippen LogP contribution in [0.25, 0.3) is 0 Å². The molecule has 0 fully saturated rings. The molecule has 0 unspecified atom stereocenters. The molecule has 9 heteroatoms. The summed E-state index contributed by atoms with van der Waals surface area (Å²) >= 11 is 12.3. The molecular weight excluding hydrogens is 575 g/mol. The second-order valence-corrected chi connectivity index (χ2v) is 10.3. The van der Waals surface area contributed by atoms with Gasteiger partial charge in [0.2, 0.25) is 5.91 Å². The first-order valence-electron chi connectivity index (χ1n) is 13.3. The van der Waals surface area contributed by atoms with Crippen molar-refractivity contribution in [1.29, 1.82) is 0 Å². The number of amides is 2. The highest BCUT2D eigenvalue weighted by molar-refractivity contribution is 6.32. The van der Waals surface area contributed by atoms with Gasteiger partial charge in [0.05, 0.1) is 19.2 Å². The Kier molecular flexibility index (Phi) is 11.1. The molecular formula is C33H32Cl2N2O5. The molecule has 0 radical (unpaired) electrons. The Hall–Kier alpha value is -4.20. The topological polar surface area (TPSA) is 77.1 Å². The van der Waals surface area contributed by atoms with Crippen LogP contribution in [-0.4, -0.2) is 44.1 Å². The van der Waals surface area contributed by atoms with E-state index < -0.39 is 6.04 Å². The summed E-state index contributed by atoms with van der Waals surface area (Å²) in [4.78, 5) is 29.1. The van der Waals surface area contributed by atoms with E-state index in [-0.39, 0.29) is 25.0 Å². The van der Waals surface area contributed by atoms with Crippen molar-refractivity contribution in [1.82, 2.24) is 10.2 Å². The first kappa shape index (κ1) is 30.8. The number of carbonyl (C=O) groups is 2. The fraction of sp³-hybridized carbons (Fsp3) is 0.212. The molecule has 0 aliphatic rings. The standard InChI is InChI=1S/C33H32Cl2N2O5/c1-40-29-17-14-23(20-30(29)41-2)18-19-36-33(39)32(25-8-4-3-5-9-25)37(21-24-12-15-26(34)16-13-24)31(38)22-42-28-11-7-6-10-27(28)35/h3-17,20,32H,18-19,21-22H2,1-2H3,(H,36,39)/t32-/m1/s1. The number of hydrogen-bond donors (Lipinski definition) is 1. The summed E-state index contributed by atoms with van der Waals surface area (Å²) in [5.74, 6) is 0.927. The molecule has 4 aromatic carbocycles. The van der Waals surface area contributed by atoms with Crippen molar-refractivity contribution >= 4 is 35.0 Å². The van der Waals surface area contributed by atoms with E-state index >= 15 is 0 Å². The largest absolute Gasteiger partial charge is 0.493 e. The molecule has 2 amide bonds. The van der Waals surface area contributed by atoms with Gasteiger partial charge in [0.25, 0.3) is 5.91 Å². The second kappa shape index (κ2) is 15.1. The number of halogens is 2. The summed E-state index contributed by atoms with van der Waals surface area (Å²) < 4.78 is 16.5. The Morgan fingerprint density at radius 1 is 0.786 bits per heavy atom. The summed E-state index contributed by atoms with van der Waals surface area (Å²) in [6.07, 6.45) is 0.550. The Balaban J connectivity index is 1.58. The minimum atomic E-state index is -0.922. The van der Waals surface area contributed by atoms with Gasteiger partial charge in [-0.15, -0.1) is 0 Å². The van der Waals surface area contributed by atoms with Gasteiger partial charge in [-0.05, 0) is 59.5 Å². The van der Waals surface area contributed by atoms with Crippen molar-refractivity contribution in [3.05, 3.63) is 124 Å². The van der Waals surface area contributed by atoms with E-state index in [0.717, 1.165) is 11.1 Å². The van der Waals surface area contributed by atoms with Gasteiger partial charge in [-0.2, -0.15) is 0 Å². The minimum Gasteiger partial charge on any atom is -0.493 e. The van der Waals surface area contributed by atoms with Crippen LogP contribution in [0.5, 0.6) is 17.2 Å². The van der Waals surface area contributed by atoms with Crippen LogP contribution in [-0.2, 0) is 22.6 Å². The number of carbonyl (C=O) groups excluding carboxylic acids is 2. The predicted octanol–water partition coefficient (Wildman–Crippen LogP) is 6.52. The van der Waals surface area contributed by atoms with E-state index in [1.165, 1.54) is 4.90 Å². The van der Waals surface area contributed by atoms with Crippen molar-refractivity contribution in [3.63, 3.8) is 0 Å². The van der Waals surface area contributed by atoms with E-state index in [2.05, 4.69) is 5.32 Å². The van der Waals surface area contributed by atoms with E-state index in [9.17, 15) is 9.59 Å². The van der Waals surface area contributed by atoms with Gasteiger partial charge in [0, 0.05) is 18.1 Å². The number of nitrogens with zero attached hydrogens (tertiary/aromatic N) is 1. The molecule has 4 rings (SSSR count). The van der Waals surface area contributed by atoms with Gasteiger partial charge in [0.15, 0.2) is 18.1 Å². The molecule has 218 valence electrons. The SMILES string of the molecule is COc1ccc(CCNC(=O)[C@@H](c2ccccc2)N(Cc2ccc(Cl)cc2)C(=O)COc2ccccc2Cl)cc1OC. The van der Waals surface area contributed by atoms with Crippen LogP contribution >= 0.6 is 23.2 Å². The number of methoxy groups -OCH3 is 2. The lowest BCUT2D eigenvalue weighted by molar-refractivity contribution is -0.143. The first-order valence-corrected chi connectivity index (χ1v) is 14.1. The highest BCUT2D eigenvalue weighted by Gasteiger charge is 2.32. The van der Waals surface area contributed by atoms with E-state index in [1.54, 1.807) is 50.6 Å². The molecule has 42 heavy (non-hydrogen) atoms.